The standard InChI is InChI=1S/C13H24N2O2S2/c1-5-7-11(6-2)15-19(16,17)13-10(3)9-18-12(13)8-14-4/h9,11,14-15H,5-8H2,1-4H3. The van der Waals surface area contributed by atoms with Crippen molar-refractivity contribution in [1.82, 2.24) is 10.0 Å². The van der Waals surface area contributed by atoms with Gasteiger partial charge in [0.2, 0.25) is 10.0 Å². The topological polar surface area (TPSA) is 58.2 Å². The van der Waals surface area contributed by atoms with Gasteiger partial charge in [-0.05, 0) is 37.8 Å². The Labute approximate surface area is 120 Å². The van der Waals surface area contributed by atoms with Gasteiger partial charge in [-0.2, -0.15) is 0 Å². The van der Waals surface area contributed by atoms with E-state index in [-0.39, 0.29) is 6.04 Å². The van der Waals surface area contributed by atoms with E-state index in [1.807, 2.05) is 26.3 Å². The summed E-state index contributed by atoms with van der Waals surface area (Å²) >= 11 is 1.49. The summed E-state index contributed by atoms with van der Waals surface area (Å²) in [5.74, 6) is 0. The van der Waals surface area contributed by atoms with Crippen LogP contribution in [0.2, 0.25) is 0 Å². The van der Waals surface area contributed by atoms with Crippen LogP contribution in [0.5, 0.6) is 0 Å². The van der Waals surface area contributed by atoms with Gasteiger partial charge in [0, 0.05) is 17.5 Å². The number of sulfonamides is 1. The summed E-state index contributed by atoms with van der Waals surface area (Å²) in [7, 11) is -1.59. The number of hydrogen-bond donors (Lipinski definition) is 2. The van der Waals surface area contributed by atoms with Crippen LogP contribution in [0.1, 0.15) is 43.6 Å². The minimum absolute atomic E-state index is 0.0248. The molecule has 0 saturated carbocycles. The maximum Gasteiger partial charge on any atom is 0.242 e. The first kappa shape index (κ1) is 16.6. The van der Waals surface area contributed by atoms with Gasteiger partial charge in [-0.1, -0.05) is 20.3 Å². The van der Waals surface area contributed by atoms with E-state index < -0.39 is 10.0 Å². The van der Waals surface area contributed by atoms with Gasteiger partial charge in [0.15, 0.2) is 0 Å². The molecule has 6 heteroatoms. The molecule has 0 aromatic carbocycles. The zero-order valence-corrected chi connectivity index (χ0v) is 13.7. The van der Waals surface area contributed by atoms with Crippen LogP contribution in [0.3, 0.4) is 0 Å². The lowest BCUT2D eigenvalue weighted by Crippen LogP contribution is -2.35. The summed E-state index contributed by atoms with van der Waals surface area (Å²) in [6, 6.07) is 0.0248. The molecule has 0 saturated heterocycles. The molecule has 0 spiro atoms. The van der Waals surface area contributed by atoms with Crippen molar-refractivity contribution in [3.63, 3.8) is 0 Å². The van der Waals surface area contributed by atoms with Crippen molar-refractivity contribution in [2.75, 3.05) is 7.05 Å². The predicted molar refractivity (Wildman–Crippen MR) is 81.1 cm³/mol. The van der Waals surface area contributed by atoms with Gasteiger partial charge < -0.3 is 5.32 Å². The number of rotatable bonds is 8. The van der Waals surface area contributed by atoms with Crippen LogP contribution in [-0.4, -0.2) is 21.5 Å². The normalized spacial score (nSPS) is 13.7. The van der Waals surface area contributed by atoms with Crippen molar-refractivity contribution >= 4 is 21.4 Å². The van der Waals surface area contributed by atoms with E-state index in [2.05, 4.69) is 17.0 Å². The van der Waals surface area contributed by atoms with Gasteiger partial charge >= 0.3 is 0 Å². The van der Waals surface area contributed by atoms with E-state index in [0.717, 1.165) is 29.7 Å². The van der Waals surface area contributed by atoms with Crippen LogP contribution in [0, 0.1) is 6.92 Å². The SMILES string of the molecule is CCCC(CC)NS(=O)(=O)c1c(C)csc1CNC. The molecule has 0 bridgehead atoms. The second-order valence-electron chi connectivity index (χ2n) is 4.72. The molecular weight excluding hydrogens is 280 g/mol. The Morgan fingerprint density at radius 3 is 2.58 bits per heavy atom. The molecule has 0 aliphatic heterocycles. The number of aryl methyl sites for hydroxylation is 1. The van der Waals surface area contributed by atoms with Crippen LogP contribution in [0.15, 0.2) is 10.3 Å². The molecule has 110 valence electrons. The van der Waals surface area contributed by atoms with E-state index in [1.165, 1.54) is 11.3 Å². The molecule has 0 fully saturated rings. The van der Waals surface area contributed by atoms with E-state index >= 15 is 0 Å². The fourth-order valence-electron chi connectivity index (χ4n) is 2.10. The van der Waals surface area contributed by atoms with Gasteiger partial charge in [0.05, 0.1) is 0 Å². The largest absolute Gasteiger partial charge is 0.315 e. The molecule has 0 aliphatic rings. The molecular formula is C13H24N2O2S2. The molecule has 1 rings (SSSR count). The highest BCUT2D eigenvalue weighted by Gasteiger charge is 2.24. The Kier molecular flexibility index (Phi) is 6.46. The second-order valence-corrected chi connectivity index (χ2v) is 7.33. The van der Waals surface area contributed by atoms with Crippen molar-refractivity contribution in [2.24, 2.45) is 0 Å². The molecule has 1 heterocycles. The van der Waals surface area contributed by atoms with Gasteiger partial charge in [-0.15, -0.1) is 11.3 Å². The van der Waals surface area contributed by atoms with Gasteiger partial charge in [-0.25, -0.2) is 13.1 Å². The van der Waals surface area contributed by atoms with E-state index in [4.69, 9.17) is 0 Å². The van der Waals surface area contributed by atoms with Crippen molar-refractivity contribution in [3.8, 4) is 0 Å². The molecule has 4 nitrogen and oxygen atoms in total. The monoisotopic (exact) mass is 304 g/mol. The van der Waals surface area contributed by atoms with Crippen molar-refractivity contribution < 1.29 is 8.42 Å². The van der Waals surface area contributed by atoms with Gasteiger partial charge in [0.25, 0.3) is 0 Å². The lowest BCUT2D eigenvalue weighted by atomic mass is 10.1. The molecule has 0 radical (unpaired) electrons. The van der Waals surface area contributed by atoms with Crippen LogP contribution in [-0.2, 0) is 16.6 Å². The van der Waals surface area contributed by atoms with E-state index in [9.17, 15) is 8.42 Å². The molecule has 1 aromatic heterocycles. The second kappa shape index (κ2) is 7.38. The number of nitrogens with one attached hydrogen (secondary N) is 2. The van der Waals surface area contributed by atoms with Crippen LogP contribution < -0.4 is 10.0 Å². The maximum atomic E-state index is 12.5. The highest BCUT2D eigenvalue weighted by atomic mass is 32.2. The van der Waals surface area contributed by atoms with Gasteiger partial charge in [-0.3, -0.25) is 0 Å². The minimum Gasteiger partial charge on any atom is -0.315 e. The summed E-state index contributed by atoms with van der Waals surface area (Å²) in [5, 5.41) is 4.93. The van der Waals surface area contributed by atoms with Crippen molar-refractivity contribution in [1.29, 1.82) is 0 Å². The summed E-state index contributed by atoms with van der Waals surface area (Å²) < 4.78 is 27.9. The maximum absolute atomic E-state index is 12.5. The summed E-state index contributed by atoms with van der Waals surface area (Å²) in [4.78, 5) is 1.33. The first-order valence-corrected chi connectivity index (χ1v) is 9.06. The number of thiophene rings is 1. The zero-order valence-electron chi connectivity index (χ0n) is 12.1. The number of hydrogen-bond acceptors (Lipinski definition) is 4. The molecule has 19 heavy (non-hydrogen) atoms. The van der Waals surface area contributed by atoms with Gasteiger partial charge in [0.1, 0.15) is 4.90 Å². The Bertz CT molecular complexity index is 495. The highest BCUT2D eigenvalue weighted by molar-refractivity contribution is 7.89. The predicted octanol–water partition coefficient (Wildman–Crippen LogP) is 2.63. The van der Waals surface area contributed by atoms with Crippen LogP contribution in [0.4, 0.5) is 0 Å². The Balaban J connectivity index is 3.02. The smallest absolute Gasteiger partial charge is 0.242 e. The molecule has 1 atom stereocenters. The Morgan fingerprint density at radius 2 is 2.05 bits per heavy atom. The first-order chi connectivity index (χ1) is 8.96. The molecule has 2 N–H and O–H groups in total. The quantitative estimate of drug-likeness (QED) is 0.776. The Hall–Kier alpha value is -0.430. The van der Waals surface area contributed by atoms with Crippen LogP contribution in [0.25, 0.3) is 0 Å². The van der Waals surface area contributed by atoms with Crippen molar-refractivity contribution in [3.05, 3.63) is 15.8 Å². The third-order valence-electron chi connectivity index (χ3n) is 3.05. The Morgan fingerprint density at radius 1 is 1.37 bits per heavy atom. The third-order valence-corrected chi connectivity index (χ3v) is 6.03. The molecule has 0 amide bonds. The fraction of sp³-hybridized carbons (Fsp3) is 0.692. The van der Waals surface area contributed by atoms with E-state index in [0.29, 0.717) is 11.4 Å². The van der Waals surface area contributed by atoms with Crippen molar-refractivity contribution in [2.45, 2.75) is 57.5 Å². The zero-order chi connectivity index (χ0) is 14.5. The molecule has 1 unspecified atom stereocenters. The first-order valence-electron chi connectivity index (χ1n) is 6.70. The molecule has 1 aromatic rings. The highest BCUT2D eigenvalue weighted by Crippen LogP contribution is 2.27. The summed E-state index contributed by atoms with van der Waals surface area (Å²) in [6.45, 7) is 6.52. The summed E-state index contributed by atoms with van der Waals surface area (Å²) in [5.41, 5.74) is 0.828. The van der Waals surface area contributed by atoms with Crippen LogP contribution >= 0.6 is 11.3 Å². The minimum atomic E-state index is -3.41. The molecule has 0 aliphatic carbocycles. The third kappa shape index (κ3) is 4.27. The lowest BCUT2D eigenvalue weighted by Gasteiger charge is -2.17. The average molecular weight is 304 g/mol. The average Bonchev–Trinajstić information content (AvgIpc) is 2.71. The van der Waals surface area contributed by atoms with E-state index in [1.54, 1.807) is 0 Å². The lowest BCUT2D eigenvalue weighted by molar-refractivity contribution is 0.511. The summed E-state index contributed by atoms with van der Waals surface area (Å²) in [6.07, 6.45) is 2.67. The fourth-order valence-corrected chi connectivity index (χ4v) is 5.28.